The zero-order valence-corrected chi connectivity index (χ0v) is 9.00. The molecule has 0 aliphatic carbocycles. The van der Waals surface area contributed by atoms with E-state index < -0.39 is 0 Å². The zero-order valence-electron chi connectivity index (χ0n) is 9.00. The minimum atomic E-state index is -0.0351. The van der Waals surface area contributed by atoms with Gasteiger partial charge in [0.15, 0.2) is 0 Å². The molecule has 1 fully saturated rings. The van der Waals surface area contributed by atoms with E-state index in [1.165, 1.54) is 6.08 Å². The maximum absolute atomic E-state index is 11.3. The van der Waals surface area contributed by atoms with Crippen molar-refractivity contribution in [2.24, 2.45) is 0 Å². The number of pyridine rings is 1. The Morgan fingerprint density at radius 2 is 2.50 bits per heavy atom. The van der Waals surface area contributed by atoms with Crippen LogP contribution in [0.25, 0.3) is 0 Å². The molecule has 0 saturated carbocycles. The summed E-state index contributed by atoms with van der Waals surface area (Å²) in [4.78, 5) is 17.2. The van der Waals surface area contributed by atoms with Crippen LogP contribution in [0.15, 0.2) is 37.1 Å². The Hall–Kier alpha value is -1.84. The van der Waals surface area contributed by atoms with Crippen LogP contribution in [-0.4, -0.2) is 35.0 Å². The topological polar surface area (TPSA) is 42.4 Å². The number of carbonyl (C=O) groups is 1. The molecule has 0 radical (unpaired) electrons. The average molecular weight is 218 g/mol. The predicted octanol–water partition coefficient (Wildman–Crippen LogP) is 1.25. The van der Waals surface area contributed by atoms with Gasteiger partial charge in [0.25, 0.3) is 0 Å². The highest BCUT2D eigenvalue weighted by Gasteiger charge is 2.26. The van der Waals surface area contributed by atoms with Crippen molar-refractivity contribution in [3.8, 4) is 5.88 Å². The van der Waals surface area contributed by atoms with Crippen molar-refractivity contribution in [3.63, 3.8) is 0 Å². The van der Waals surface area contributed by atoms with Crippen LogP contribution < -0.4 is 4.74 Å². The quantitative estimate of drug-likeness (QED) is 0.717. The fraction of sp³-hybridized carbons (Fsp3) is 0.333. The number of carbonyl (C=O) groups excluding carboxylic acids is 1. The molecular formula is C12H14N2O2. The first-order chi connectivity index (χ1) is 7.79. The number of amides is 1. The Kier molecular flexibility index (Phi) is 3.19. The minimum absolute atomic E-state index is 0.0351. The Bertz CT molecular complexity index is 378. The molecule has 1 saturated heterocycles. The third-order valence-corrected chi connectivity index (χ3v) is 2.56. The highest BCUT2D eigenvalue weighted by molar-refractivity contribution is 5.87. The molecule has 0 aromatic carbocycles. The molecule has 4 nitrogen and oxygen atoms in total. The molecule has 0 N–H and O–H groups in total. The van der Waals surface area contributed by atoms with Gasteiger partial charge in [0.1, 0.15) is 6.10 Å². The second kappa shape index (κ2) is 4.79. The van der Waals surface area contributed by atoms with Crippen LogP contribution in [0.1, 0.15) is 6.42 Å². The smallest absolute Gasteiger partial charge is 0.246 e. The van der Waals surface area contributed by atoms with E-state index >= 15 is 0 Å². The van der Waals surface area contributed by atoms with Crippen molar-refractivity contribution in [1.29, 1.82) is 0 Å². The lowest BCUT2D eigenvalue weighted by Crippen LogP contribution is -2.29. The van der Waals surface area contributed by atoms with Crippen LogP contribution in [-0.2, 0) is 4.79 Å². The molecule has 0 spiro atoms. The number of likely N-dealkylation sites (tertiary alicyclic amines) is 1. The van der Waals surface area contributed by atoms with E-state index in [1.54, 1.807) is 11.1 Å². The molecule has 1 aromatic rings. The molecule has 2 rings (SSSR count). The molecule has 16 heavy (non-hydrogen) atoms. The summed E-state index contributed by atoms with van der Waals surface area (Å²) >= 11 is 0. The molecular weight excluding hydrogens is 204 g/mol. The Labute approximate surface area is 94.5 Å². The van der Waals surface area contributed by atoms with Gasteiger partial charge >= 0.3 is 0 Å². The number of aromatic nitrogens is 1. The van der Waals surface area contributed by atoms with E-state index in [4.69, 9.17) is 4.74 Å². The fourth-order valence-corrected chi connectivity index (χ4v) is 1.74. The maximum Gasteiger partial charge on any atom is 0.246 e. The molecule has 1 unspecified atom stereocenters. The van der Waals surface area contributed by atoms with Gasteiger partial charge < -0.3 is 9.64 Å². The molecule has 0 bridgehead atoms. The molecule has 2 heterocycles. The van der Waals surface area contributed by atoms with Crippen LogP contribution in [0.5, 0.6) is 5.88 Å². The van der Waals surface area contributed by atoms with Crippen molar-refractivity contribution in [2.75, 3.05) is 13.1 Å². The average Bonchev–Trinajstić information content (AvgIpc) is 2.78. The number of rotatable bonds is 3. The SMILES string of the molecule is C=CC(=O)N1CCC(Oc2ccccn2)C1. The number of hydrogen-bond donors (Lipinski definition) is 0. The summed E-state index contributed by atoms with van der Waals surface area (Å²) in [6.45, 7) is 4.81. The maximum atomic E-state index is 11.3. The summed E-state index contributed by atoms with van der Waals surface area (Å²) in [5.74, 6) is 0.576. The number of ether oxygens (including phenoxy) is 1. The van der Waals surface area contributed by atoms with Crippen LogP contribution in [0, 0.1) is 0 Å². The van der Waals surface area contributed by atoms with E-state index in [0.29, 0.717) is 12.4 Å². The zero-order chi connectivity index (χ0) is 11.4. The van der Waals surface area contributed by atoms with Gasteiger partial charge in [-0.1, -0.05) is 12.6 Å². The molecule has 84 valence electrons. The van der Waals surface area contributed by atoms with Crippen molar-refractivity contribution in [2.45, 2.75) is 12.5 Å². The van der Waals surface area contributed by atoms with Crippen LogP contribution >= 0.6 is 0 Å². The molecule has 1 aliphatic rings. The van der Waals surface area contributed by atoms with Crippen molar-refractivity contribution in [1.82, 2.24) is 9.88 Å². The number of hydrogen-bond acceptors (Lipinski definition) is 3. The summed E-state index contributed by atoms with van der Waals surface area (Å²) in [6, 6.07) is 5.54. The Morgan fingerprint density at radius 1 is 1.62 bits per heavy atom. The van der Waals surface area contributed by atoms with E-state index in [0.717, 1.165) is 13.0 Å². The van der Waals surface area contributed by atoms with Gasteiger partial charge in [-0.3, -0.25) is 4.79 Å². The monoisotopic (exact) mass is 218 g/mol. The van der Waals surface area contributed by atoms with Crippen molar-refractivity contribution >= 4 is 5.91 Å². The predicted molar refractivity (Wildman–Crippen MR) is 60.0 cm³/mol. The Morgan fingerprint density at radius 3 is 3.19 bits per heavy atom. The van der Waals surface area contributed by atoms with Crippen LogP contribution in [0.4, 0.5) is 0 Å². The fourth-order valence-electron chi connectivity index (χ4n) is 1.74. The highest BCUT2D eigenvalue weighted by atomic mass is 16.5. The van der Waals surface area contributed by atoms with E-state index in [1.807, 2.05) is 18.2 Å². The number of nitrogens with zero attached hydrogens (tertiary/aromatic N) is 2. The molecule has 1 aliphatic heterocycles. The van der Waals surface area contributed by atoms with Crippen LogP contribution in [0.3, 0.4) is 0 Å². The normalized spacial score (nSPS) is 19.5. The first kappa shape index (κ1) is 10.7. The second-order valence-electron chi connectivity index (χ2n) is 3.68. The van der Waals surface area contributed by atoms with Gasteiger partial charge in [-0.25, -0.2) is 4.98 Å². The van der Waals surface area contributed by atoms with E-state index in [9.17, 15) is 4.79 Å². The third kappa shape index (κ3) is 2.39. The van der Waals surface area contributed by atoms with Crippen LogP contribution in [0.2, 0.25) is 0 Å². The van der Waals surface area contributed by atoms with Crippen molar-refractivity contribution in [3.05, 3.63) is 37.1 Å². The molecule has 4 heteroatoms. The summed E-state index contributed by atoms with van der Waals surface area (Å²) in [7, 11) is 0. The van der Waals surface area contributed by atoms with Gasteiger partial charge in [0.2, 0.25) is 11.8 Å². The van der Waals surface area contributed by atoms with Crippen molar-refractivity contribution < 1.29 is 9.53 Å². The third-order valence-electron chi connectivity index (χ3n) is 2.56. The lowest BCUT2D eigenvalue weighted by atomic mass is 10.3. The summed E-state index contributed by atoms with van der Waals surface area (Å²) < 4.78 is 5.66. The van der Waals surface area contributed by atoms with Gasteiger partial charge in [-0.05, 0) is 12.1 Å². The van der Waals surface area contributed by atoms with Gasteiger partial charge in [-0.15, -0.1) is 0 Å². The van der Waals surface area contributed by atoms with Gasteiger partial charge in [0, 0.05) is 25.2 Å². The Balaban J connectivity index is 1.90. The minimum Gasteiger partial charge on any atom is -0.472 e. The summed E-state index contributed by atoms with van der Waals surface area (Å²) in [5, 5.41) is 0. The summed E-state index contributed by atoms with van der Waals surface area (Å²) in [6.07, 6.45) is 3.91. The van der Waals surface area contributed by atoms with Gasteiger partial charge in [0.05, 0.1) is 6.54 Å². The van der Waals surface area contributed by atoms with Gasteiger partial charge in [-0.2, -0.15) is 0 Å². The molecule has 1 amide bonds. The first-order valence-electron chi connectivity index (χ1n) is 5.28. The second-order valence-corrected chi connectivity index (χ2v) is 3.68. The van der Waals surface area contributed by atoms with E-state index in [2.05, 4.69) is 11.6 Å². The molecule has 1 aromatic heterocycles. The largest absolute Gasteiger partial charge is 0.472 e. The summed E-state index contributed by atoms with van der Waals surface area (Å²) in [5.41, 5.74) is 0. The molecule has 1 atom stereocenters. The van der Waals surface area contributed by atoms with E-state index in [-0.39, 0.29) is 12.0 Å². The highest BCUT2D eigenvalue weighted by Crippen LogP contribution is 2.16. The standard InChI is InChI=1S/C12H14N2O2/c1-2-12(15)14-8-6-10(9-14)16-11-5-3-4-7-13-11/h2-5,7,10H,1,6,8-9H2. The lowest BCUT2D eigenvalue weighted by molar-refractivity contribution is -0.125. The first-order valence-corrected chi connectivity index (χ1v) is 5.28. The lowest BCUT2D eigenvalue weighted by Gasteiger charge is -2.14.